The second-order valence-electron chi connectivity index (χ2n) is 2.93. The molecule has 4 heteroatoms. The minimum atomic E-state index is -0.436. The van der Waals surface area contributed by atoms with Crippen molar-refractivity contribution in [1.29, 1.82) is 0 Å². The molecule has 0 atom stereocenters. The summed E-state index contributed by atoms with van der Waals surface area (Å²) >= 11 is 0. The normalized spacial score (nSPS) is 10.1. The van der Waals surface area contributed by atoms with Gasteiger partial charge in [0.2, 0.25) is 0 Å². The Kier molecular flexibility index (Phi) is 4.79. The third-order valence-electron chi connectivity index (χ3n) is 1.81. The van der Waals surface area contributed by atoms with Crippen molar-refractivity contribution in [3.63, 3.8) is 0 Å². The summed E-state index contributed by atoms with van der Waals surface area (Å²) in [6, 6.07) is 7.05. The van der Waals surface area contributed by atoms with Crippen molar-refractivity contribution in [3.05, 3.63) is 35.9 Å². The molecule has 0 saturated heterocycles. The molecule has 0 radical (unpaired) electrons. The molecule has 0 amide bonds. The van der Waals surface area contributed by atoms with Gasteiger partial charge in [0.25, 0.3) is 0 Å². The average Bonchev–Trinajstić information content (AvgIpc) is 2.34. The Balaban J connectivity index is 2.63. The highest BCUT2D eigenvalue weighted by Gasteiger charge is 2.01. The monoisotopic (exact) mass is 220 g/mol. The molecule has 0 aliphatic heterocycles. The van der Waals surface area contributed by atoms with E-state index >= 15 is 0 Å². The molecule has 1 rings (SSSR count). The van der Waals surface area contributed by atoms with Crippen LogP contribution in [0.15, 0.2) is 30.3 Å². The quantitative estimate of drug-likeness (QED) is 0.428. The summed E-state index contributed by atoms with van der Waals surface area (Å²) in [6.45, 7) is -0.128. The van der Waals surface area contributed by atoms with Gasteiger partial charge in [0.15, 0.2) is 6.61 Å². The number of benzene rings is 1. The molecule has 0 aromatic heterocycles. The highest BCUT2D eigenvalue weighted by atomic mass is 16.6. The van der Waals surface area contributed by atoms with E-state index in [1.807, 2.05) is 6.07 Å². The Labute approximate surface area is 93.5 Å². The fraction of sp³-hybridized carbons (Fsp3) is 0.167. The first kappa shape index (κ1) is 12.0. The molecule has 0 aliphatic carbocycles. The molecule has 16 heavy (non-hydrogen) atoms. The summed E-state index contributed by atoms with van der Waals surface area (Å²) in [6.07, 6.45) is 3.74. The van der Waals surface area contributed by atoms with Crippen LogP contribution in [0.1, 0.15) is 5.56 Å². The zero-order valence-electron chi connectivity index (χ0n) is 8.88. The predicted octanol–water partition coefficient (Wildman–Crippen LogP) is 1.45. The number of carbonyl (C=O) groups excluding carboxylic acids is 2. The zero-order chi connectivity index (χ0) is 11.8. The van der Waals surface area contributed by atoms with Gasteiger partial charge in [0.1, 0.15) is 12.0 Å². The Morgan fingerprint density at radius 2 is 2.25 bits per heavy atom. The smallest absolute Gasteiger partial charge is 0.343 e. The summed E-state index contributed by atoms with van der Waals surface area (Å²) in [7, 11) is 1.30. The predicted molar refractivity (Wildman–Crippen MR) is 59.1 cm³/mol. The van der Waals surface area contributed by atoms with Crippen LogP contribution in [0.25, 0.3) is 6.08 Å². The van der Waals surface area contributed by atoms with Crippen LogP contribution in [0.4, 0.5) is 0 Å². The van der Waals surface area contributed by atoms with Crippen molar-refractivity contribution in [2.45, 2.75) is 0 Å². The fourth-order valence-electron chi connectivity index (χ4n) is 1.06. The van der Waals surface area contributed by atoms with Gasteiger partial charge in [-0.2, -0.15) is 0 Å². The topological polar surface area (TPSA) is 52.6 Å². The molecule has 0 N–H and O–H groups in total. The number of esters is 1. The van der Waals surface area contributed by atoms with Crippen molar-refractivity contribution in [2.24, 2.45) is 0 Å². The van der Waals surface area contributed by atoms with E-state index in [1.54, 1.807) is 24.3 Å². The number of hydrogen-bond donors (Lipinski definition) is 0. The minimum absolute atomic E-state index is 0.128. The molecule has 0 spiro atoms. The van der Waals surface area contributed by atoms with Crippen LogP contribution in [0.2, 0.25) is 0 Å². The molecule has 1 aromatic rings. The van der Waals surface area contributed by atoms with Crippen LogP contribution >= 0.6 is 0 Å². The number of rotatable bonds is 5. The Morgan fingerprint density at radius 3 is 2.94 bits per heavy atom. The van der Waals surface area contributed by atoms with E-state index in [-0.39, 0.29) is 6.61 Å². The van der Waals surface area contributed by atoms with Crippen molar-refractivity contribution in [3.8, 4) is 5.75 Å². The first-order valence-corrected chi connectivity index (χ1v) is 4.68. The highest BCUT2D eigenvalue weighted by Crippen LogP contribution is 2.14. The number of allylic oxidation sites excluding steroid dienone is 1. The molecular weight excluding hydrogens is 208 g/mol. The second kappa shape index (κ2) is 6.40. The third-order valence-corrected chi connectivity index (χ3v) is 1.81. The lowest BCUT2D eigenvalue weighted by molar-refractivity contribution is -0.142. The molecular formula is C12H12O4. The molecule has 84 valence electrons. The summed E-state index contributed by atoms with van der Waals surface area (Å²) in [5.41, 5.74) is 0.828. The number of carbonyl (C=O) groups is 2. The maximum atomic E-state index is 10.8. The van der Waals surface area contributed by atoms with Gasteiger partial charge < -0.3 is 9.47 Å². The van der Waals surface area contributed by atoms with E-state index in [2.05, 4.69) is 4.74 Å². The largest absolute Gasteiger partial charge is 0.482 e. The maximum absolute atomic E-state index is 10.8. The van der Waals surface area contributed by atoms with E-state index in [9.17, 15) is 9.59 Å². The zero-order valence-corrected chi connectivity index (χ0v) is 8.88. The number of aldehydes is 1. The van der Waals surface area contributed by atoms with Crippen molar-refractivity contribution in [1.82, 2.24) is 0 Å². The summed E-state index contributed by atoms with van der Waals surface area (Å²) in [5, 5.41) is 0. The molecule has 1 aromatic carbocycles. The molecule has 0 fully saturated rings. The van der Waals surface area contributed by atoms with Crippen LogP contribution in [0.5, 0.6) is 5.75 Å². The average molecular weight is 220 g/mol. The number of ether oxygens (including phenoxy) is 2. The van der Waals surface area contributed by atoms with Crippen molar-refractivity contribution in [2.75, 3.05) is 13.7 Å². The third kappa shape index (κ3) is 3.96. The van der Waals surface area contributed by atoms with Crippen LogP contribution < -0.4 is 4.74 Å². The van der Waals surface area contributed by atoms with Crippen LogP contribution in [-0.4, -0.2) is 26.0 Å². The lowest BCUT2D eigenvalue weighted by atomic mass is 10.2. The molecule has 0 unspecified atom stereocenters. The Morgan fingerprint density at radius 1 is 1.44 bits per heavy atom. The maximum Gasteiger partial charge on any atom is 0.343 e. The lowest BCUT2D eigenvalue weighted by Gasteiger charge is -2.04. The standard InChI is InChI=1S/C12H12O4/c1-15-12(14)9-16-11-6-2-4-10(8-11)5-3-7-13/h2-8H,9H2,1H3. The van der Waals surface area contributed by atoms with Gasteiger partial charge in [-0.1, -0.05) is 18.2 Å². The number of hydrogen-bond acceptors (Lipinski definition) is 4. The first-order valence-electron chi connectivity index (χ1n) is 4.68. The van der Waals surface area contributed by atoms with Gasteiger partial charge in [0, 0.05) is 0 Å². The lowest BCUT2D eigenvalue weighted by Crippen LogP contribution is -2.12. The Hall–Kier alpha value is -2.10. The molecule has 0 heterocycles. The highest BCUT2D eigenvalue weighted by molar-refractivity contribution is 5.74. The van der Waals surface area contributed by atoms with E-state index in [0.717, 1.165) is 5.56 Å². The number of methoxy groups -OCH3 is 1. The van der Waals surface area contributed by atoms with Crippen molar-refractivity contribution < 1.29 is 19.1 Å². The fourth-order valence-corrected chi connectivity index (χ4v) is 1.06. The summed E-state index contributed by atoms with van der Waals surface area (Å²) in [4.78, 5) is 21.0. The SMILES string of the molecule is COC(=O)COc1cccc(C=CC=O)c1. The van der Waals surface area contributed by atoms with Gasteiger partial charge in [-0.05, 0) is 23.8 Å². The molecule has 0 saturated carbocycles. The summed E-state index contributed by atoms with van der Waals surface area (Å²) < 4.78 is 9.63. The van der Waals surface area contributed by atoms with E-state index in [0.29, 0.717) is 12.0 Å². The van der Waals surface area contributed by atoms with E-state index in [4.69, 9.17) is 4.74 Å². The van der Waals surface area contributed by atoms with E-state index < -0.39 is 5.97 Å². The molecule has 4 nitrogen and oxygen atoms in total. The van der Waals surface area contributed by atoms with Gasteiger partial charge in [-0.25, -0.2) is 4.79 Å². The van der Waals surface area contributed by atoms with Crippen LogP contribution in [0, 0.1) is 0 Å². The minimum Gasteiger partial charge on any atom is -0.482 e. The van der Waals surface area contributed by atoms with Gasteiger partial charge in [-0.3, -0.25) is 4.79 Å². The van der Waals surface area contributed by atoms with Gasteiger partial charge in [0.05, 0.1) is 7.11 Å². The molecule has 0 bridgehead atoms. The summed E-state index contributed by atoms with van der Waals surface area (Å²) in [5.74, 6) is 0.118. The molecule has 0 aliphatic rings. The second-order valence-corrected chi connectivity index (χ2v) is 2.93. The van der Waals surface area contributed by atoms with Crippen molar-refractivity contribution >= 4 is 18.3 Å². The van der Waals surface area contributed by atoms with Gasteiger partial charge >= 0.3 is 5.97 Å². The first-order chi connectivity index (χ1) is 7.76. The van der Waals surface area contributed by atoms with Crippen LogP contribution in [0.3, 0.4) is 0 Å². The van der Waals surface area contributed by atoms with E-state index in [1.165, 1.54) is 13.2 Å². The van der Waals surface area contributed by atoms with Gasteiger partial charge in [-0.15, -0.1) is 0 Å². The van der Waals surface area contributed by atoms with Crippen LogP contribution in [-0.2, 0) is 14.3 Å². The Bertz CT molecular complexity index is 396.